The summed E-state index contributed by atoms with van der Waals surface area (Å²) in [4.78, 5) is 0. The number of methoxy groups -OCH3 is 1. The number of rotatable bonds is 3. The largest absolute Gasteiger partial charge is 0.496 e. The predicted octanol–water partition coefficient (Wildman–Crippen LogP) is 2.74. The highest BCUT2D eigenvalue weighted by molar-refractivity contribution is 5.47. The zero-order valence-corrected chi connectivity index (χ0v) is 11.7. The van der Waals surface area contributed by atoms with Crippen LogP contribution in [-0.4, -0.2) is 19.8 Å². The van der Waals surface area contributed by atoms with E-state index in [4.69, 9.17) is 15.2 Å². The molecule has 3 heteroatoms. The summed E-state index contributed by atoms with van der Waals surface area (Å²) < 4.78 is 11.2. The zero-order valence-electron chi connectivity index (χ0n) is 11.7. The van der Waals surface area contributed by atoms with Gasteiger partial charge in [0.05, 0.1) is 13.2 Å². The lowest BCUT2D eigenvalue weighted by atomic mass is 9.87. The fourth-order valence-corrected chi connectivity index (χ4v) is 2.79. The minimum atomic E-state index is -0.0169. The van der Waals surface area contributed by atoms with Crippen molar-refractivity contribution in [2.24, 2.45) is 11.7 Å². The van der Waals surface area contributed by atoms with Gasteiger partial charge < -0.3 is 15.2 Å². The Morgan fingerprint density at radius 3 is 2.67 bits per heavy atom. The van der Waals surface area contributed by atoms with Gasteiger partial charge in [-0.05, 0) is 38.3 Å². The zero-order chi connectivity index (χ0) is 13.3. The molecule has 2 N–H and O–H groups in total. The molecule has 1 heterocycles. The van der Waals surface area contributed by atoms with Crippen LogP contribution in [0, 0.1) is 19.8 Å². The average Bonchev–Trinajstić information content (AvgIpc) is 2.78. The molecular weight excluding hydrogens is 226 g/mol. The van der Waals surface area contributed by atoms with Crippen molar-refractivity contribution in [3.05, 3.63) is 28.8 Å². The summed E-state index contributed by atoms with van der Waals surface area (Å²) in [7, 11) is 1.71. The molecule has 0 radical (unpaired) electrons. The molecule has 1 fully saturated rings. The quantitative estimate of drug-likeness (QED) is 0.895. The Labute approximate surface area is 109 Å². The highest BCUT2D eigenvalue weighted by Gasteiger charge is 2.32. The molecule has 1 aromatic carbocycles. The fraction of sp³-hybridized carbons (Fsp3) is 0.600. The van der Waals surface area contributed by atoms with Gasteiger partial charge >= 0.3 is 0 Å². The van der Waals surface area contributed by atoms with Crippen molar-refractivity contribution in [3.63, 3.8) is 0 Å². The van der Waals surface area contributed by atoms with Crippen molar-refractivity contribution < 1.29 is 9.47 Å². The van der Waals surface area contributed by atoms with Crippen molar-refractivity contribution in [1.29, 1.82) is 0 Å². The molecule has 1 aromatic rings. The first-order valence-electron chi connectivity index (χ1n) is 6.57. The van der Waals surface area contributed by atoms with E-state index in [0.717, 1.165) is 24.3 Å². The highest BCUT2D eigenvalue weighted by atomic mass is 16.5. The molecule has 1 saturated heterocycles. The van der Waals surface area contributed by atoms with Crippen LogP contribution in [0.3, 0.4) is 0 Å². The predicted molar refractivity (Wildman–Crippen MR) is 72.9 cm³/mol. The van der Waals surface area contributed by atoms with Gasteiger partial charge in [0.2, 0.25) is 0 Å². The van der Waals surface area contributed by atoms with Crippen molar-refractivity contribution in [2.75, 3.05) is 13.7 Å². The van der Waals surface area contributed by atoms with Crippen molar-refractivity contribution in [2.45, 2.75) is 39.3 Å². The van der Waals surface area contributed by atoms with Gasteiger partial charge in [-0.15, -0.1) is 0 Å². The summed E-state index contributed by atoms with van der Waals surface area (Å²) in [6.45, 7) is 7.09. The maximum absolute atomic E-state index is 6.43. The molecule has 3 nitrogen and oxygen atoms in total. The van der Waals surface area contributed by atoms with E-state index < -0.39 is 0 Å². The highest BCUT2D eigenvalue weighted by Crippen LogP contribution is 2.37. The van der Waals surface area contributed by atoms with Crippen LogP contribution in [0.2, 0.25) is 0 Å². The lowest BCUT2D eigenvalue weighted by Gasteiger charge is -2.25. The second kappa shape index (κ2) is 5.29. The van der Waals surface area contributed by atoms with Crippen LogP contribution in [-0.2, 0) is 4.74 Å². The molecule has 1 aliphatic heterocycles. The van der Waals surface area contributed by atoms with Gasteiger partial charge in [0.15, 0.2) is 0 Å². The van der Waals surface area contributed by atoms with Crippen molar-refractivity contribution in [1.82, 2.24) is 0 Å². The molecular formula is C15H23NO2. The Morgan fingerprint density at radius 2 is 2.11 bits per heavy atom. The van der Waals surface area contributed by atoms with E-state index >= 15 is 0 Å². The average molecular weight is 249 g/mol. The van der Waals surface area contributed by atoms with Crippen LogP contribution in [0.25, 0.3) is 0 Å². The van der Waals surface area contributed by atoms with E-state index in [9.17, 15) is 0 Å². The number of ether oxygens (including phenoxy) is 2. The Morgan fingerprint density at radius 1 is 1.39 bits per heavy atom. The lowest BCUT2D eigenvalue weighted by Crippen LogP contribution is -2.27. The Balaban J connectivity index is 2.35. The normalized spacial score (nSPS) is 25.2. The third-order valence-corrected chi connectivity index (χ3v) is 4.17. The SMILES string of the molecule is COc1c(C(N)C2CCOC2C)ccc(C)c1C. The lowest BCUT2D eigenvalue weighted by molar-refractivity contribution is 0.0992. The number of aryl methyl sites for hydroxylation is 1. The second-order valence-electron chi connectivity index (χ2n) is 5.18. The first kappa shape index (κ1) is 13.4. The minimum Gasteiger partial charge on any atom is -0.496 e. The van der Waals surface area contributed by atoms with E-state index in [-0.39, 0.29) is 12.1 Å². The van der Waals surface area contributed by atoms with Crippen LogP contribution in [0.5, 0.6) is 5.75 Å². The minimum absolute atomic E-state index is 0.0169. The Kier molecular flexibility index (Phi) is 3.93. The topological polar surface area (TPSA) is 44.5 Å². The van der Waals surface area contributed by atoms with Crippen LogP contribution < -0.4 is 10.5 Å². The van der Waals surface area contributed by atoms with Crippen molar-refractivity contribution >= 4 is 0 Å². The van der Waals surface area contributed by atoms with Gasteiger partial charge in [-0.25, -0.2) is 0 Å². The van der Waals surface area contributed by atoms with Crippen molar-refractivity contribution in [3.8, 4) is 5.75 Å². The number of hydrogen-bond acceptors (Lipinski definition) is 3. The molecule has 0 saturated carbocycles. The van der Waals surface area contributed by atoms with Crippen LogP contribution in [0.1, 0.15) is 36.1 Å². The molecule has 0 aliphatic carbocycles. The molecule has 0 aromatic heterocycles. The summed E-state index contributed by atoms with van der Waals surface area (Å²) in [6, 6.07) is 4.20. The summed E-state index contributed by atoms with van der Waals surface area (Å²) in [5, 5.41) is 0. The van der Waals surface area contributed by atoms with Gasteiger partial charge in [0, 0.05) is 24.1 Å². The third-order valence-electron chi connectivity index (χ3n) is 4.17. The molecule has 2 rings (SSSR count). The van der Waals surface area contributed by atoms with Gasteiger partial charge in [-0.3, -0.25) is 0 Å². The number of benzene rings is 1. The Hall–Kier alpha value is -1.06. The molecule has 18 heavy (non-hydrogen) atoms. The summed E-state index contributed by atoms with van der Waals surface area (Å²) in [5.41, 5.74) is 9.94. The van der Waals surface area contributed by atoms with E-state index in [1.54, 1.807) is 7.11 Å². The molecule has 0 bridgehead atoms. The third kappa shape index (κ3) is 2.25. The maximum atomic E-state index is 6.43. The van der Waals surface area contributed by atoms with E-state index in [1.807, 2.05) is 0 Å². The molecule has 0 amide bonds. The second-order valence-corrected chi connectivity index (χ2v) is 5.18. The summed E-state index contributed by atoms with van der Waals surface area (Å²) in [6.07, 6.45) is 1.25. The number of nitrogens with two attached hydrogens (primary N) is 1. The van der Waals surface area contributed by atoms with Gasteiger partial charge in [0.1, 0.15) is 5.75 Å². The summed E-state index contributed by atoms with van der Waals surface area (Å²) >= 11 is 0. The first-order chi connectivity index (χ1) is 8.56. The molecule has 100 valence electrons. The van der Waals surface area contributed by atoms with Gasteiger partial charge in [-0.1, -0.05) is 12.1 Å². The first-order valence-corrected chi connectivity index (χ1v) is 6.57. The fourth-order valence-electron chi connectivity index (χ4n) is 2.79. The standard InChI is InChI=1S/C15H23NO2/c1-9-5-6-13(15(17-4)10(9)2)14(16)12-7-8-18-11(12)3/h5-6,11-12,14H,7-8,16H2,1-4H3. The molecule has 0 spiro atoms. The van der Waals surface area contributed by atoms with E-state index in [2.05, 4.69) is 32.9 Å². The number of hydrogen-bond donors (Lipinski definition) is 1. The van der Waals surface area contributed by atoms with Gasteiger partial charge in [0.25, 0.3) is 0 Å². The smallest absolute Gasteiger partial charge is 0.126 e. The Bertz CT molecular complexity index is 431. The van der Waals surface area contributed by atoms with Crippen LogP contribution in [0.4, 0.5) is 0 Å². The van der Waals surface area contributed by atoms with Crippen LogP contribution >= 0.6 is 0 Å². The summed E-state index contributed by atoms with van der Waals surface area (Å²) in [5.74, 6) is 1.31. The van der Waals surface area contributed by atoms with E-state index in [0.29, 0.717) is 5.92 Å². The van der Waals surface area contributed by atoms with E-state index in [1.165, 1.54) is 11.1 Å². The monoisotopic (exact) mass is 249 g/mol. The van der Waals surface area contributed by atoms with Gasteiger partial charge in [-0.2, -0.15) is 0 Å². The molecule has 3 unspecified atom stereocenters. The molecule has 3 atom stereocenters. The van der Waals surface area contributed by atoms with Crippen LogP contribution in [0.15, 0.2) is 12.1 Å². The molecule has 1 aliphatic rings. The maximum Gasteiger partial charge on any atom is 0.126 e.